The summed E-state index contributed by atoms with van der Waals surface area (Å²) in [6.07, 6.45) is 1.86. The molecule has 0 saturated heterocycles. The molecule has 8 aromatic rings. The highest BCUT2D eigenvalue weighted by Crippen LogP contribution is 2.46. The van der Waals surface area contributed by atoms with Gasteiger partial charge >= 0.3 is 0 Å². The van der Waals surface area contributed by atoms with E-state index in [1.165, 1.54) is 0 Å². The first-order chi connectivity index (χ1) is 20.7. The Hall–Kier alpha value is -5.48. The molecular formula is C38H28N3O+. The highest BCUT2D eigenvalue weighted by Gasteiger charge is 2.33. The van der Waals surface area contributed by atoms with Crippen molar-refractivity contribution in [1.82, 2.24) is 9.55 Å². The monoisotopic (exact) mass is 542 g/mol. The number of benzene rings is 5. The second-order valence-corrected chi connectivity index (χ2v) is 10.7. The summed E-state index contributed by atoms with van der Waals surface area (Å²) in [6, 6.07) is 44.7. The van der Waals surface area contributed by atoms with Gasteiger partial charge in [0.1, 0.15) is 11.2 Å². The van der Waals surface area contributed by atoms with E-state index in [9.17, 15) is 0 Å². The van der Waals surface area contributed by atoms with Gasteiger partial charge in [0.15, 0.2) is 16.7 Å². The molecule has 0 aliphatic rings. The van der Waals surface area contributed by atoms with E-state index in [0.717, 1.165) is 78.0 Å². The molecule has 0 radical (unpaired) electrons. The van der Waals surface area contributed by atoms with Gasteiger partial charge in [-0.05, 0) is 54.4 Å². The molecular weight excluding hydrogens is 514 g/mol. The fourth-order valence-corrected chi connectivity index (χ4v) is 6.36. The molecule has 0 atom stereocenters. The van der Waals surface area contributed by atoms with Gasteiger partial charge in [-0.1, -0.05) is 91.0 Å². The summed E-state index contributed by atoms with van der Waals surface area (Å²) < 4.78 is 11.4. The Kier molecular flexibility index (Phi) is 5.54. The molecule has 200 valence electrons. The van der Waals surface area contributed by atoms with E-state index >= 15 is 0 Å². The molecule has 8 rings (SSSR count). The van der Waals surface area contributed by atoms with Crippen LogP contribution in [-0.2, 0) is 7.05 Å². The molecule has 0 aliphatic heterocycles. The van der Waals surface area contributed by atoms with Gasteiger partial charge < -0.3 is 4.42 Å². The van der Waals surface area contributed by atoms with Crippen molar-refractivity contribution >= 4 is 33.0 Å². The van der Waals surface area contributed by atoms with Crippen LogP contribution in [0.1, 0.15) is 5.69 Å². The minimum Gasteiger partial charge on any atom is -0.455 e. The minimum absolute atomic E-state index is 0.881. The SMILES string of the molecule is Cc1ncccc1-c1n(-c2c(-c3ccccc3)cc3c(oc4ccccc43)c2-c2ccccc2)c2ccccc2[n+]1C. The van der Waals surface area contributed by atoms with Crippen molar-refractivity contribution in [2.75, 3.05) is 0 Å². The Balaban J connectivity index is 1.65. The number of rotatable bonds is 4. The van der Waals surface area contributed by atoms with Gasteiger partial charge in [0.2, 0.25) is 0 Å². The highest BCUT2D eigenvalue weighted by atomic mass is 16.3. The molecule has 0 spiro atoms. The van der Waals surface area contributed by atoms with Gasteiger partial charge in [0.05, 0.1) is 23.9 Å². The van der Waals surface area contributed by atoms with E-state index in [2.05, 4.69) is 138 Å². The van der Waals surface area contributed by atoms with Gasteiger partial charge in [-0.15, -0.1) is 0 Å². The lowest BCUT2D eigenvalue weighted by Gasteiger charge is -2.16. The van der Waals surface area contributed by atoms with E-state index in [4.69, 9.17) is 9.40 Å². The number of nitrogens with zero attached hydrogens (tertiary/aromatic N) is 3. The van der Waals surface area contributed by atoms with Crippen LogP contribution in [0.25, 0.3) is 72.3 Å². The summed E-state index contributed by atoms with van der Waals surface area (Å²) in [5.41, 5.74) is 11.6. The predicted molar refractivity (Wildman–Crippen MR) is 171 cm³/mol. The van der Waals surface area contributed by atoms with Gasteiger partial charge in [-0.3, -0.25) is 4.98 Å². The number of imidazole rings is 1. The van der Waals surface area contributed by atoms with E-state index in [1.54, 1.807) is 0 Å². The maximum atomic E-state index is 6.75. The third-order valence-corrected chi connectivity index (χ3v) is 8.27. The summed E-state index contributed by atoms with van der Waals surface area (Å²) >= 11 is 0. The number of furan rings is 1. The van der Waals surface area contributed by atoms with E-state index in [1.807, 2.05) is 18.3 Å². The van der Waals surface area contributed by atoms with Gasteiger partial charge in [0.25, 0.3) is 5.82 Å². The third-order valence-electron chi connectivity index (χ3n) is 8.27. The quantitative estimate of drug-likeness (QED) is 0.208. The minimum atomic E-state index is 0.881. The van der Waals surface area contributed by atoms with Crippen LogP contribution in [0.15, 0.2) is 138 Å². The fourth-order valence-electron chi connectivity index (χ4n) is 6.36. The van der Waals surface area contributed by atoms with Crippen molar-refractivity contribution in [3.05, 3.63) is 139 Å². The lowest BCUT2D eigenvalue weighted by atomic mass is 9.92. The second-order valence-electron chi connectivity index (χ2n) is 10.7. The number of aromatic nitrogens is 3. The Morgan fingerprint density at radius 2 is 1.36 bits per heavy atom. The molecule has 42 heavy (non-hydrogen) atoms. The van der Waals surface area contributed by atoms with Crippen molar-refractivity contribution in [3.8, 4) is 39.3 Å². The molecule has 0 bridgehead atoms. The lowest BCUT2D eigenvalue weighted by molar-refractivity contribution is -0.633. The summed E-state index contributed by atoms with van der Waals surface area (Å²) in [6.45, 7) is 2.08. The van der Waals surface area contributed by atoms with Crippen molar-refractivity contribution in [2.24, 2.45) is 7.05 Å². The zero-order valence-corrected chi connectivity index (χ0v) is 23.5. The summed E-state index contributed by atoms with van der Waals surface area (Å²) in [4.78, 5) is 4.70. The molecule has 0 N–H and O–H groups in total. The maximum Gasteiger partial charge on any atom is 0.296 e. The largest absolute Gasteiger partial charge is 0.455 e. The first kappa shape index (κ1) is 24.3. The summed E-state index contributed by atoms with van der Waals surface area (Å²) in [5, 5.41) is 2.21. The van der Waals surface area contributed by atoms with E-state index < -0.39 is 0 Å². The van der Waals surface area contributed by atoms with Gasteiger partial charge in [0, 0.05) is 22.5 Å². The van der Waals surface area contributed by atoms with E-state index in [-0.39, 0.29) is 0 Å². The van der Waals surface area contributed by atoms with Crippen LogP contribution < -0.4 is 4.57 Å². The number of hydrogen-bond donors (Lipinski definition) is 0. The third kappa shape index (κ3) is 3.62. The number of aryl methyl sites for hydroxylation is 2. The Bertz CT molecular complexity index is 2260. The van der Waals surface area contributed by atoms with Crippen LogP contribution in [-0.4, -0.2) is 9.55 Å². The van der Waals surface area contributed by atoms with Crippen molar-refractivity contribution in [1.29, 1.82) is 0 Å². The van der Waals surface area contributed by atoms with Crippen LogP contribution in [0.3, 0.4) is 0 Å². The number of fused-ring (bicyclic) bond motifs is 4. The highest BCUT2D eigenvalue weighted by molar-refractivity contribution is 6.14. The van der Waals surface area contributed by atoms with Crippen LogP contribution in [0.5, 0.6) is 0 Å². The molecule has 0 fully saturated rings. The number of pyridine rings is 1. The Morgan fingerprint density at radius 3 is 2.14 bits per heavy atom. The Morgan fingerprint density at radius 1 is 0.667 bits per heavy atom. The summed E-state index contributed by atoms with van der Waals surface area (Å²) in [7, 11) is 2.14. The molecule has 0 unspecified atom stereocenters. The average Bonchev–Trinajstić information content (AvgIpc) is 3.56. The lowest BCUT2D eigenvalue weighted by Crippen LogP contribution is -2.30. The van der Waals surface area contributed by atoms with Gasteiger partial charge in [-0.25, -0.2) is 4.57 Å². The number of para-hydroxylation sites is 3. The van der Waals surface area contributed by atoms with Crippen LogP contribution in [0.4, 0.5) is 0 Å². The molecule has 0 amide bonds. The molecule has 4 heteroatoms. The standard InChI is InChI=1S/C38H28N3O/c1-25-28(19-13-23-39-25)38-40(2)32-20-10-11-21-33(32)41(38)36-30(26-14-5-3-6-15-26)24-31-29-18-9-12-22-34(29)42-37(31)35(36)27-16-7-4-8-17-27/h3-24H,1-2H3/q+1. The fraction of sp³-hybridized carbons (Fsp3) is 0.0526. The molecule has 0 aliphatic carbocycles. The zero-order valence-electron chi connectivity index (χ0n) is 23.5. The molecule has 5 aromatic carbocycles. The van der Waals surface area contributed by atoms with Gasteiger partial charge in [-0.2, -0.15) is 4.57 Å². The maximum absolute atomic E-state index is 6.75. The number of hydrogen-bond acceptors (Lipinski definition) is 2. The van der Waals surface area contributed by atoms with Crippen LogP contribution >= 0.6 is 0 Å². The first-order valence-corrected chi connectivity index (χ1v) is 14.2. The first-order valence-electron chi connectivity index (χ1n) is 14.2. The van der Waals surface area contributed by atoms with Crippen LogP contribution in [0.2, 0.25) is 0 Å². The van der Waals surface area contributed by atoms with Crippen molar-refractivity contribution in [2.45, 2.75) is 6.92 Å². The van der Waals surface area contributed by atoms with E-state index in [0.29, 0.717) is 0 Å². The topological polar surface area (TPSA) is 34.8 Å². The van der Waals surface area contributed by atoms with Crippen LogP contribution in [0, 0.1) is 6.92 Å². The molecule has 3 heterocycles. The smallest absolute Gasteiger partial charge is 0.296 e. The Labute approximate surface area is 243 Å². The normalized spacial score (nSPS) is 11.6. The van der Waals surface area contributed by atoms with Crippen molar-refractivity contribution < 1.29 is 8.98 Å². The summed E-state index contributed by atoms with van der Waals surface area (Å²) in [5.74, 6) is 1.06. The predicted octanol–water partition coefficient (Wildman–Crippen LogP) is 9.06. The molecule has 4 nitrogen and oxygen atoms in total. The molecule has 3 aromatic heterocycles. The second kappa shape index (κ2) is 9.57. The molecule has 0 saturated carbocycles. The zero-order chi connectivity index (χ0) is 28.2. The average molecular weight is 543 g/mol. The van der Waals surface area contributed by atoms with Crippen molar-refractivity contribution in [3.63, 3.8) is 0 Å².